The normalized spacial score (nSPS) is 19.8. The van der Waals surface area contributed by atoms with Gasteiger partial charge < -0.3 is 21.0 Å². The predicted octanol–water partition coefficient (Wildman–Crippen LogP) is -0.579. The number of oxime groups is 1. The molecule has 2 aliphatic heterocycles. The van der Waals surface area contributed by atoms with Gasteiger partial charge in [0.05, 0.1) is 6.26 Å². The van der Waals surface area contributed by atoms with Gasteiger partial charge in [-0.2, -0.15) is 8.42 Å². The summed E-state index contributed by atoms with van der Waals surface area (Å²) in [6.45, 7) is 4.68. The van der Waals surface area contributed by atoms with E-state index >= 15 is 0 Å². The SMILES string of the molecule is C=CC1=C(C(=O)O)N2C(=O)C(NC(=O)C(=NOC(C)=O)c3csc(N)n3)[C@H]2SC1.CS(=O)(=O)O. The van der Waals surface area contributed by atoms with Crippen molar-refractivity contribution >= 4 is 67.8 Å². The van der Waals surface area contributed by atoms with Crippen molar-refractivity contribution in [3.8, 4) is 0 Å². The van der Waals surface area contributed by atoms with Crippen molar-refractivity contribution in [1.82, 2.24) is 15.2 Å². The molecule has 0 aromatic carbocycles. The van der Waals surface area contributed by atoms with Gasteiger partial charge in [-0.1, -0.05) is 17.8 Å². The molecule has 1 aromatic rings. The molecular formula is C17H19N5O9S3. The summed E-state index contributed by atoms with van der Waals surface area (Å²) in [5.41, 5.74) is 5.58. The van der Waals surface area contributed by atoms with Gasteiger partial charge in [-0.25, -0.2) is 14.6 Å². The Morgan fingerprint density at radius 1 is 1.44 bits per heavy atom. The van der Waals surface area contributed by atoms with Gasteiger partial charge in [0, 0.05) is 18.1 Å². The molecule has 1 saturated heterocycles. The lowest BCUT2D eigenvalue weighted by Gasteiger charge is -2.49. The lowest BCUT2D eigenvalue weighted by atomic mass is 10.0. The Kier molecular flexibility index (Phi) is 8.54. The monoisotopic (exact) mass is 533 g/mol. The molecule has 2 aliphatic rings. The molecule has 3 rings (SSSR count). The van der Waals surface area contributed by atoms with Crippen molar-refractivity contribution in [2.75, 3.05) is 17.7 Å². The van der Waals surface area contributed by atoms with Crippen LogP contribution in [0, 0.1) is 0 Å². The lowest BCUT2D eigenvalue weighted by molar-refractivity contribution is -0.150. The van der Waals surface area contributed by atoms with E-state index in [1.807, 2.05) is 0 Å². The van der Waals surface area contributed by atoms with Gasteiger partial charge in [-0.05, 0) is 5.57 Å². The molecule has 0 spiro atoms. The highest BCUT2D eigenvalue weighted by atomic mass is 32.2. The third-order valence-electron chi connectivity index (χ3n) is 3.98. The first-order valence-corrected chi connectivity index (χ1v) is 12.8. The zero-order valence-corrected chi connectivity index (χ0v) is 20.1. The number of amides is 2. The van der Waals surface area contributed by atoms with E-state index in [0.29, 0.717) is 17.6 Å². The number of thioether (sulfide) groups is 1. The molecule has 1 fully saturated rings. The number of carbonyl (C=O) groups is 4. The molecule has 34 heavy (non-hydrogen) atoms. The van der Waals surface area contributed by atoms with Gasteiger partial charge in [-0.15, -0.1) is 23.1 Å². The number of nitrogens with zero attached hydrogens (tertiary/aromatic N) is 3. The van der Waals surface area contributed by atoms with Gasteiger partial charge in [0.25, 0.3) is 21.9 Å². The minimum Gasteiger partial charge on any atom is -0.477 e. The molecule has 0 aliphatic carbocycles. The number of aliphatic carboxylic acids is 1. The van der Waals surface area contributed by atoms with Gasteiger partial charge in [0.2, 0.25) is 0 Å². The van der Waals surface area contributed by atoms with Crippen LogP contribution in [-0.2, 0) is 34.1 Å². The number of nitrogen functional groups attached to an aromatic ring is 1. The Morgan fingerprint density at radius 2 is 2.06 bits per heavy atom. The second kappa shape index (κ2) is 10.8. The van der Waals surface area contributed by atoms with Crippen molar-refractivity contribution in [3.63, 3.8) is 0 Å². The largest absolute Gasteiger partial charge is 0.477 e. The summed E-state index contributed by atoms with van der Waals surface area (Å²) in [5.74, 6) is -3.08. The number of β-lactam (4-membered cyclic amide) rings is 1. The number of nitrogens with two attached hydrogens (primary N) is 1. The highest BCUT2D eigenvalue weighted by molar-refractivity contribution is 8.00. The average Bonchev–Trinajstić information content (AvgIpc) is 3.15. The Morgan fingerprint density at radius 3 is 2.53 bits per heavy atom. The summed E-state index contributed by atoms with van der Waals surface area (Å²) >= 11 is 2.34. The first-order chi connectivity index (χ1) is 15.7. The zero-order valence-electron chi connectivity index (χ0n) is 17.6. The van der Waals surface area contributed by atoms with Crippen LogP contribution >= 0.6 is 23.1 Å². The van der Waals surface area contributed by atoms with Crippen molar-refractivity contribution in [1.29, 1.82) is 0 Å². The fourth-order valence-electron chi connectivity index (χ4n) is 2.72. The molecule has 1 aromatic heterocycles. The molecule has 17 heteroatoms. The maximum Gasteiger partial charge on any atom is 0.352 e. The number of hydrogen-bond acceptors (Lipinski definition) is 12. The fraction of sp³-hybridized carbons (Fsp3) is 0.294. The Hall–Kier alpha value is -3.28. The van der Waals surface area contributed by atoms with Crippen LogP contribution in [0.25, 0.3) is 0 Å². The number of hydrogen-bond donors (Lipinski definition) is 4. The minimum atomic E-state index is -3.67. The molecule has 0 radical (unpaired) electrons. The van der Waals surface area contributed by atoms with E-state index in [4.69, 9.17) is 10.3 Å². The molecule has 2 atom stereocenters. The second-order valence-corrected chi connectivity index (χ2v) is 10.0. The number of nitrogens with one attached hydrogen (secondary N) is 1. The van der Waals surface area contributed by atoms with Crippen molar-refractivity contribution in [3.05, 3.63) is 35.0 Å². The number of carbonyl (C=O) groups excluding carboxylic acids is 3. The second-order valence-electron chi connectivity index (χ2n) is 6.57. The van der Waals surface area contributed by atoms with Gasteiger partial charge in [0.1, 0.15) is 22.8 Å². The number of carboxylic acids is 1. The maximum atomic E-state index is 12.7. The van der Waals surface area contributed by atoms with Gasteiger partial charge >= 0.3 is 11.9 Å². The third kappa shape index (κ3) is 6.62. The van der Waals surface area contributed by atoms with Crippen molar-refractivity contribution in [2.24, 2.45) is 5.16 Å². The van der Waals surface area contributed by atoms with E-state index in [-0.39, 0.29) is 22.2 Å². The van der Waals surface area contributed by atoms with E-state index in [1.54, 1.807) is 0 Å². The summed E-state index contributed by atoms with van der Waals surface area (Å²) in [5, 5.41) is 16.5. The lowest BCUT2D eigenvalue weighted by Crippen LogP contribution is -2.71. The number of anilines is 1. The molecule has 184 valence electrons. The number of carboxylic acid groups (broad SMARTS) is 1. The van der Waals surface area contributed by atoms with Crippen LogP contribution in [0.5, 0.6) is 0 Å². The Labute approximate surface area is 201 Å². The molecule has 3 heterocycles. The minimum absolute atomic E-state index is 0.0752. The van der Waals surface area contributed by atoms with Crippen LogP contribution in [0.4, 0.5) is 5.13 Å². The molecule has 5 N–H and O–H groups in total. The van der Waals surface area contributed by atoms with E-state index < -0.39 is 45.3 Å². The van der Waals surface area contributed by atoms with Crippen LogP contribution in [0.3, 0.4) is 0 Å². The number of rotatable bonds is 6. The van der Waals surface area contributed by atoms with E-state index in [9.17, 15) is 32.7 Å². The summed E-state index contributed by atoms with van der Waals surface area (Å²) < 4.78 is 25.9. The van der Waals surface area contributed by atoms with Gasteiger partial charge in [-0.3, -0.25) is 19.0 Å². The Balaban J connectivity index is 0.000000739. The third-order valence-corrected chi connectivity index (χ3v) is 5.95. The number of aromatic nitrogens is 1. The summed E-state index contributed by atoms with van der Waals surface area (Å²) in [4.78, 5) is 57.4. The first-order valence-electron chi connectivity index (χ1n) is 8.98. The quantitative estimate of drug-likeness (QED) is 0.119. The van der Waals surface area contributed by atoms with Gasteiger partial charge in [0.15, 0.2) is 10.8 Å². The molecule has 0 bridgehead atoms. The summed E-state index contributed by atoms with van der Waals surface area (Å²) in [7, 11) is -3.67. The molecule has 0 saturated carbocycles. The maximum absolute atomic E-state index is 12.7. The molecule has 1 unspecified atom stereocenters. The van der Waals surface area contributed by atoms with E-state index in [1.165, 1.54) is 23.2 Å². The first kappa shape index (κ1) is 27.0. The van der Waals surface area contributed by atoms with Crippen LogP contribution in [0.15, 0.2) is 34.5 Å². The molecule has 2 amide bonds. The highest BCUT2D eigenvalue weighted by Crippen LogP contribution is 2.40. The van der Waals surface area contributed by atoms with Crippen LogP contribution in [-0.4, -0.2) is 80.8 Å². The summed E-state index contributed by atoms with van der Waals surface area (Å²) in [6, 6.07) is -0.980. The van der Waals surface area contributed by atoms with Crippen LogP contribution in [0.1, 0.15) is 12.6 Å². The summed E-state index contributed by atoms with van der Waals surface area (Å²) in [6.07, 6.45) is 2.11. The van der Waals surface area contributed by atoms with Crippen molar-refractivity contribution < 1.29 is 42.1 Å². The smallest absolute Gasteiger partial charge is 0.352 e. The predicted molar refractivity (Wildman–Crippen MR) is 122 cm³/mol. The number of thiazole rings is 1. The highest BCUT2D eigenvalue weighted by Gasteiger charge is 2.54. The van der Waals surface area contributed by atoms with Crippen LogP contribution in [0.2, 0.25) is 0 Å². The van der Waals surface area contributed by atoms with E-state index in [2.05, 4.69) is 26.9 Å². The topological polar surface area (TPSA) is 219 Å². The molecule has 14 nitrogen and oxygen atoms in total. The zero-order chi connectivity index (χ0) is 25.8. The average molecular weight is 534 g/mol. The number of fused-ring (bicyclic) bond motifs is 1. The molecular weight excluding hydrogens is 514 g/mol. The van der Waals surface area contributed by atoms with Crippen molar-refractivity contribution in [2.45, 2.75) is 18.3 Å². The Bertz CT molecular complexity index is 1200. The van der Waals surface area contributed by atoms with Crippen LogP contribution < -0.4 is 11.1 Å². The fourth-order valence-corrected chi connectivity index (χ4v) is 4.61. The standard InChI is InChI=1S/C16H15N5O6S2.CH4O3S/c1-3-7-4-28-14-10(13(24)21(14)11(7)15(25)26)19-12(23)9(20-27-6(2)22)8-5-29-16(17)18-8;1-5(2,3)4/h3,5,10,14H,1,4H2,2H3,(H2,17,18)(H,19,23)(H,25,26);1H3,(H,2,3,4)/t10?,14-;/m1./s1. The van der Waals surface area contributed by atoms with E-state index in [0.717, 1.165) is 23.2 Å². The number of allylic oxidation sites excluding steroid dienone is 1.